The number of benzene rings is 1. The fraction of sp³-hybridized carbons (Fsp3) is 0.471. The molecule has 0 atom stereocenters. The number of carbonyl (C=O) groups excluding carboxylic acids is 1. The summed E-state index contributed by atoms with van der Waals surface area (Å²) in [6.45, 7) is 2.80. The third-order valence-electron chi connectivity index (χ3n) is 4.99. The standard InChI is InChI=1S/C17H20BrFN2O4/c1-10-8-13(19)12(18)9-11(10)14-15(22)17(21(25-3)16(14)23)4-6-20(24-2)7-5-17/h8-9,22H,4-7H2,1-3H3. The van der Waals surface area contributed by atoms with Gasteiger partial charge in [-0.05, 0) is 59.0 Å². The first-order valence-electron chi connectivity index (χ1n) is 7.93. The van der Waals surface area contributed by atoms with Crippen LogP contribution in [0.1, 0.15) is 24.0 Å². The molecule has 0 saturated carbocycles. The molecular formula is C17H20BrFN2O4. The summed E-state index contributed by atoms with van der Waals surface area (Å²) in [5.41, 5.74) is 0.288. The van der Waals surface area contributed by atoms with Crippen LogP contribution in [0.5, 0.6) is 0 Å². The lowest BCUT2D eigenvalue weighted by molar-refractivity contribution is -0.221. The number of rotatable bonds is 3. The summed E-state index contributed by atoms with van der Waals surface area (Å²) in [5.74, 6) is -0.873. The largest absolute Gasteiger partial charge is 0.509 e. The van der Waals surface area contributed by atoms with Gasteiger partial charge in [0.05, 0.1) is 24.3 Å². The highest BCUT2D eigenvalue weighted by molar-refractivity contribution is 9.10. The van der Waals surface area contributed by atoms with Gasteiger partial charge in [-0.25, -0.2) is 9.45 Å². The smallest absolute Gasteiger partial charge is 0.282 e. The van der Waals surface area contributed by atoms with Crippen LogP contribution in [0.3, 0.4) is 0 Å². The lowest BCUT2D eigenvalue weighted by Crippen LogP contribution is -2.54. The number of hydrogen-bond donors (Lipinski definition) is 1. The van der Waals surface area contributed by atoms with Crippen molar-refractivity contribution in [3.8, 4) is 0 Å². The Balaban J connectivity index is 2.10. The van der Waals surface area contributed by atoms with Crippen LogP contribution in [0.2, 0.25) is 0 Å². The topological polar surface area (TPSA) is 62.2 Å². The zero-order valence-electron chi connectivity index (χ0n) is 14.3. The molecule has 6 nitrogen and oxygen atoms in total. The van der Waals surface area contributed by atoms with Gasteiger partial charge in [-0.15, -0.1) is 0 Å². The summed E-state index contributed by atoms with van der Waals surface area (Å²) in [5, 5.41) is 14.0. The normalized spacial score (nSPS) is 20.8. The van der Waals surface area contributed by atoms with E-state index in [1.165, 1.54) is 24.3 Å². The number of amides is 1. The molecule has 2 aliphatic rings. The van der Waals surface area contributed by atoms with E-state index in [2.05, 4.69) is 15.9 Å². The van der Waals surface area contributed by atoms with Crippen LogP contribution >= 0.6 is 15.9 Å². The van der Waals surface area contributed by atoms with Gasteiger partial charge >= 0.3 is 0 Å². The van der Waals surface area contributed by atoms with Gasteiger partial charge in [-0.2, -0.15) is 5.06 Å². The summed E-state index contributed by atoms with van der Waals surface area (Å²) in [6.07, 6.45) is 0.939. The van der Waals surface area contributed by atoms with Crippen LogP contribution in [0.15, 0.2) is 22.4 Å². The summed E-state index contributed by atoms with van der Waals surface area (Å²) >= 11 is 3.15. The molecule has 2 aliphatic heterocycles. The molecule has 0 radical (unpaired) electrons. The molecular weight excluding hydrogens is 395 g/mol. The molecule has 25 heavy (non-hydrogen) atoms. The molecule has 3 rings (SSSR count). The Kier molecular flexibility index (Phi) is 4.89. The molecule has 1 spiro atoms. The van der Waals surface area contributed by atoms with E-state index in [9.17, 15) is 14.3 Å². The maximum Gasteiger partial charge on any atom is 0.282 e. The monoisotopic (exact) mass is 414 g/mol. The second kappa shape index (κ2) is 6.68. The van der Waals surface area contributed by atoms with Gasteiger partial charge in [-0.3, -0.25) is 9.63 Å². The van der Waals surface area contributed by atoms with Crippen molar-refractivity contribution in [1.29, 1.82) is 0 Å². The Labute approximate surface area is 153 Å². The summed E-state index contributed by atoms with van der Waals surface area (Å²) in [7, 11) is 3.00. The van der Waals surface area contributed by atoms with Crippen molar-refractivity contribution in [3.63, 3.8) is 0 Å². The molecule has 1 saturated heterocycles. The highest BCUT2D eigenvalue weighted by atomic mass is 79.9. The number of aliphatic hydroxyl groups is 1. The number of hydrogen-bond acceptors (Lipinski definition) is 5. The SMILES string of the molecule is CON1CCC2(CC1)C(O)=C(c1cc(Br)c(F)cc1C)C(=O)N2OC. The van der Waals surface area contributed by atoms with E-state index in [0.717, 1.165) is 0 Å². The van der Waals surface area contributed by atoms with Crippen LogP contribution in [0, 0.1) is 12.7 Å². The van der Waals surface area contributed by atoms with E-state index in [4.69, 9.17) is 9.68 Å². The highest BCUT2D eigenvalue weighted by Gasteiger charge is 2.55. The number of carbonyl (C=O) groups is 1. The molecule has 136 valence electrons. The molecule has 1 fully saturated rings. The molecule has 1 N–H and O–H groups in total. The first-order valence-corrected chi connectivity index (χ1v) is 8.72. The zero-order chi connectivity index (χ0) is 18.4. The van der Waals surface area contributed by atoms with Crippen molar-refractivity contribution >= 4 is 27.4 Å². The number of aliphatic hydroxyl groups excluding tert-OH is 1. The molecule has 0 unspecified atom stereocenters. The maximum absolute atomic E-state index is 13.7. The molecule has 2 heterocycles. The van der Waals surface area contributed by atoms with Gasteiger partial charge in [0.1, 0.15) is 17.1 Å². The fourth-order valence-corrected chi connectivity index (χ4v) is 3.96. The first-order chi connectivity index (χ1) is 11.9. The lowest BCUT2D eigenvalue weighted by atomic mass is 9.85. The summed E-state index contributed by atoms with van der Waals surface area (Å²) < 4.78 is 14.0. The summed E-state index contributed by atoms with van der Waals surface area (Å²) in [4.78, 5) is 23.5. The molecule has 0 aromatic heterocycles. The van der Waals surface area contributed by atoms with Gasteiger partial charge in [0, 0.05) is 13.1 Å². The van der Waals surface area contributed by atoms with Crippen molar-refractivity contribution in [3.05, 3.63) is 39.3 Å². The number of nitrogens with zero attached hydrogens (tertiary/aromatic N) is 2. The van der Waals surface area contributed by atoms with Gasteiger partial charge in [0.15, 0.2) is 0 Å². The van der Waals surface area contributed by atoms with E-state index >= 15 is 0 Å². The average molecular weight is 415 g/mol. The van der Waals surface area contributed by atoms with Crippen molar-refractivity contribution in [2.45, 2.75) is 25.3 Å². The van der Waals surface area contributed by atoms with Gasteiger partial charge in [0.25, 0.3) is 5.91 Å². The van der Waals surface area contributed by atoms with Crippen LogP contribution in [-0.4, -0.2) is 54.0 Å². The second-order valence-corrected chi connectivity index (χ2v) is 7.08. The van der Waals surface area contributed by atoms with Gasteiger partial charge in [0.2, 0.25) is 0 Å². The Morgan fingerprint density at radius 1 is 1.24 bits per heavy atom. The molecule has 1 aromatic carbocycles. The quantitative estimate of drug-likeness (QED) is 0.823. The van der Waals surface area contributed by atoms with E-state index in [1.54, 1.807) is 19.1 Å². The van der Waals surface area contributed by atoms with E-state index < -0.39 is 17.3 Å². The number of hydroxylamine groups is 4. The van der Waals surface area contributed by atoms with E-state index in [1.807, 2.05) is 0 Å². The first kappa shape index (κ1) is 18.3. The van der Waals surface area contributed by atoms with Gasteiger partial charge in [-0.1, -0.05) is 0 Å². The summed E-state index contributed by atoms with van der Waals surface area (Å²) in [6, 6.07) is 2.86. The average Bonchev–Trinajstić information content (AvgIpc) is 2.79. The zero-order valence-corrected chi connectivity index (χ0v) is 15.9. The van der Waals surface area contributed by atoms with E-state index in [-0.39, 0.29) is 15.8 Å². The van der Waals surface area contributed by atoms with Crippen molar-refractivity contribution in [2.24, 2.45) is 0 Å². The third kappa shape index (κ3) is 2.77. The van der Waals surface area contributed by atoms with Gasteiger partial charge < -0.3 is 9.94 Å². The Bertz CT molecular complexity index is 744. The van der Waals surface area contributed by atoms with Crippen molar-refractivity contribution in [1.82, 2.24) is 10.1 Å². The molecule has 0 aliphatic carbocycles. The second-order valence-electron chi connectivity index (χ2n) is 6.23. The predicted octanol–water partition coefficient (Wildman–Crippen LogP) is 2.97. The number of piperidine rings is 1. The Morgan fingerprint density at radius 2 is 1.88 bits per heavy atom. The maximum atomic E-state index is 13.7. The van der Waals surface area contributed by atoms with Crippen LogP contribution in [0.25, 0.3) is 5.57 Å². The molecule has 1 aromatic rings. The highest BCUT2D eigenvalue weighted by Crippen LogP contribution is 2.46. The van der Waals surface area contributed by atoms with Crippen LogP contribution in [-0.2, 0) is 14.5 Å². The van der Waals surface area contributed by atoms with E-state index in [0.29, 0.717) is 37.1 Å². The third-order valence-corrected chi connectivity index (χ3v) is 5.60. The number of aryl methyl sites for hydroxylation is 1. The van der Waals surface area contributed by atoms with Crippen LogP contribution in [0.4, 0.5) is 4.39 Å². The van der Waals surface area contributed by atoms with Crippen molar-refractivity contribution < 1.29 is 24.0 Å². The Hall–Kier alpha value is -1.48. The molecule has 1 amide bonds. The molecule has 8 heteroatoms. The minimum Gasteiger partial charge on any atom is -0.509 e. The lowest BCUT2D eigenvalue weighted by Gasteiger charge is -2.42. The number of halogens is 2. The van der Waals surface area contributed by atoms with Crippen molar-refractivity contribution in [2.75, 3.05) is 27.3 Å². The minimum atomic E-state index is -0.927. The molecule has 0 bridgehead atoms. The predicted molar refractivity (Wildman–Crippen MR) is 92.8 cm³/mol. The van der Waals surface area contributed by atoms with Crippen LogP contribution < -0.4 is 0 Å². The Morgan fingerprint density at radius 3 is 2.44 bits per heavy atom. The minimum absolute atomic E-state index is 0.0308. The fourth-order valence-electron chi connectivity index (χ4n) is 3.62.